The number of hydrogen-bond acceptors (Lipinski definition) is 13. The van der Waals surface area contributed by atoms with Crippen LogP contribution in [0.15, 0.2) is 35.7 Å². The Morgan fingerprint density at radius 1 is 0.969 bits per heavy atom. The summed E-state index contributed by atoms with van der Waals surface area (Å²) in [5.41, 5.74) is 1.70. The Bertz CT molecular complexity index is 1750. The van der Waals surface area contributed by atoms with E-state index in [1.54, 1.807) is 27.2 Å². The number of H-pyrrole nitrogens is 1. The quantitative estimate of drug-likeness (QED) is 0.104. The van der Waals surface area contributed by atoms with Crippen LogP contribution in [0.1, 0.15) is 124 Å². The van der Waals surface area contributed by atoms with E-state index in [-0.39, 0.29) is 55.6 Å². The van der Waals surface area contributed by atoms with Gasteiger partial charge in [0.25, 0.3) is 11.7 Å². The minimum absolute atomic E-state index is 0.0341. The molecule has 1 amide bonds. The third-order valence-electron chi connectivity index (χ3n) is 14.3. The van der Waals surface area contributed by atoms with Gasteiger partial charge >= 0.3 is 5.97 Å². The molecule has 64 heavy (non-hydrogen) atoms. The molecule has 1 saturated carbocycles. The molecule has 1 aliphatic carbocycles. The SMILES string of the molecule is CCC1C=C(C)CC(C)CC(OC)C2OC(O)(C(=O)C(=O)N3CCCCC3C(=O)OC(C(C)=CC3CCC(OCCCc4ncc[nH]4)C(OC)C3)C(C)C(O)CC1=O)C(C)CC2OC. The first-order valence-corrected chi connectivity index (χ1v) is 23.8. The molecule has 2 saturated heterocycles. The number of methoxy groups -OCH3 is 3. The van der Waals surface area contributed by atoms with Gasteiger partial charge in [-0.25, -0.2) is 9.78 Å². The van der Waals surface area contributed by atoms with E-state index >= 15 is 0 Å². The van der Waals surface area contributed by atoms with Gasteiger partial charge in [0, 0.05) is 77.5 Å². The molecule has 0 aromatic carbocycles. The van der Waals surface area contributed by atoms with Crippen molar-refractivity contribution in [3.8, 4) is 0 Å². The number of amides is 1. The maximum absolute atomic E-state index is 14.5. The van der Waals surface area contributed by atoms with Gasteiger partial charge in [0.15, 0.2) is 0 Å². The first-order valence-electron chi connectivity index (χ1n) is 23.8. The number of hydrogen-bond donors (Lipinski definition) is 3. The van der Waals surface area contributed by atoms with Crippen LogP contribution < -0.4 is 0 Å². The second-order valence-electron chi connectivity index (χ2n) is 19.1. The molecular formula is C49H77N3O12. The van der Waals surface area contributed by atoms with E-state index in [1.165, 1.54) is 19.1 Å². The number of nitrogens with one attached hydrogen (secondary N) is 1. The molecule has 360 valence electrons. The lowest BCUT2D eigenvalue weighted by Crippen LogP contribution is -2.64. The van der Waals surface area contributed by atoms with Crippen LogP contribution in [0.25, 0.3) is 0 Å². The number of imidazole rings is 1. The summed E-state index contributed by atoms with van der Waals surface area (Å²) < 4.78 is 36.7. The smallest absolute Gasteiger partial charge is 0.329 e. The minimum atomic E-state index is -2.50. The van der Waals surface area contributed by atoms with Gasteiger partial charge in [0.05, 0.1) is 30.5 Å². The molecule has 1 aromatic heterocycles. The van der Waals surface area contributed by atoms with Crippen molar-refractivity contribution in [3.05, 3.63) is 41.5 Å². The van der Waals surface area contributed by atoms with Crippen molar-refractivity contribution in [2.75, 3.05) is 34.5 Å². The number of ketones is 2. The zero-order chi connectivity index (χ0) is 46.7. The van der Waals surface area contributed by atoms with Crippen LogP contribution in [-0.2, 0) is 54.0 Å². The summed E-state index contributed by atoms with van der Waals surface area (Å²) in [7, 11) is 4.76. The highest BCUT2D eigenvalue weighted by molar-refractivity contribution is 6.39. The minimum Gasteiger partial charge on any atom is -0.456 e. The standard InChI is InChI=1S/C49H77N3O12/c1-10-35-23-29(2)22-30(3)24-41(60-8)45-42(61-9)26-32(5)49(58,64-45)46(55)47(56)52-20-12-11-14-36(52)48(57)63-44(33(6)37(53)28-38(35)54)31(4)25-34-16-17-39(40(27-34)59-7)62-21-13-15-43-50-18-19-51-43/h18-19,23,25,30,32-37,39-42,44-45,53,58H,10-17,20-22,24,26-28H2,1-9H3,(H,50,51). The molecule has 14 atom stereocenters. The summed E-state index contributed by atoms with van der Waals surface area (Å²) in [6.07, 6.45) is 10.1. The number of Topliss-reactive ketones (excluding diaryl/α,β-unsaturated/α-hetero) is 2. The molecule has 5 rings (SSSR count). The number of fused-ring (bicyclic) bond motifs is 3. The van der Waals surface area contributed by atoms with E-state index in [9.17, 15) is 29.4 Å². The summed E-state index contributed by atoms with van der Waals surface area (Å²) in [5, 5.41) is 23.9. The van der Waals surface area contributed by atoms with Crippen LogP contribution in [0.2, 0.25) is 0 Å². The van der Waals surface area contributed by atoms with Crippen LogP contribution in [0.5, 0.6) is 0 Å². The summed E-state index contributed by atoms with van der Waals surface area (Å²) in [4.78, 5) is 65.7. The first-order chi connectivity index (χ1) is 30.5. The number of ether oxygens (including phenoxy) is 6. The predicted octanol–water partition coefficient (Wildman–Crippen LogP) is 5.85. The summed E-state index contributed by atoms with van der Waals surface area (Å²) in [5.74, 6) is -6.49. The summed E-state index contributed by atoms with van der Waals surface area (Å²) in [6.45, 7) is 12.0. The number of piperidine rings is 1. The van der Waals surface area contributed by atoms with Crippen molar-refractivity contribution >= 4 is 23.4 Å². The number of aliphatic hydroxyl groups is 2. The topological polar surface area (TPSA) is 196 Å². The summed E-state index contributed by atoms with van der Waals surface area (Å²) in [6, 6.07) is -1.13. The molecule has 3 aliphatic heterocycles. The number of aromatic nitrogens is 2. The molecule has 4 heterocycles. The van der Waals surface area contributed by atoms with Crippen LogP contribution >= 0.6 is 0 Å². The van der Waals surface area contributed by atoms with Gasteiger partial charge in [0.1, 0.15) is 29.9 Å². The largest absolute Gasteiger partial charge is 0.456 e. The monoisotopic (exact) mass is 900 g/mol. The third kappa shape index (κ3) is 12.8. The Kier molecular flexibility index (Phi) is 19.3. The van der Waals surface area contributed by atoms with Crippen LogP contribution in [-0.4, -0.2) is 138 Å². The number of nitrogens with zero attached hydrogens (tertiary/aromatic N) is 2. The fourth-order valence-corrected chi connectivity index (χ4v) is 10.5. The number of aliphatic hydroxyl groups excluding tert-OH is 1. The van der Waals surface area contributed by atoms with Gasteiger partial charge in [-0.05, 0) is 102 Å². The van der Waals surface area contributed by atoms with Gasteiger partial charge in [-0.1, -0.05) is 45.4 Å². The lowest BCUT2D eigenvalue weighted by molar-refractivity contribution is -0.302. The third-order valence-corrected chi connectivity index (χ3v) is 14.3. The number of esters is 1. The van der Waals surface area contributed by atoms with E-state index in [2.05, 4.69) is 23.0 Å². The number of allylic oxidation sites excluding steroid dienone is 3. The maximum Gasteiger partial charge on any atom is 0.329 e. The van der Waals surface area contributed by atoms with Crippen molar-refractivity contribution in [2.45, 2.75) is 180 Å². The maximum atomic E-state index is 14.5. The van der Waals surface area contributed by atoms with Crippen molar-refractivity contribution in [1.29, 1.82) is 0 Å². The molecule has 15 heteroatoms. The van der Waals surface area contributed by atoms with Gasteiger partial charge in [0.2, 0.25) is 5.79 Å². The second kappa shape index (κ2) is 23.9. The Hall–Kier alpha value is -3.31. The number of cyclic esters (lactones) is 1. The van der Waals surface area contributed by atoms with Gasteiger partial charge in [-0.3, -0.25) is 14.4 Å². The zero-order valence-corrected chi connectivity index (χ0v) is 39.8. The van der Waals surface area contributed by atoms with Gasteiger partial charge < -0.3 is 48.5 Å². The second-order valence-corrected chi connectivity index (χ2v) is 19.1. The molecular weight excluding hydrogens is 823 g/mol. The molecule has 14 unspecified atom stereocenters. The average molecular weight is 900 g/mol. The molecule has 1 aromatic rings. The first kappa shape index (κ1) is 51.7. The van der Waals surface area contributed by atoms with Gasteiger partial charge in [-0.2, -0.15) is 0 Å². The molecule has 0 radical (unpaired) electrons. The fourth-order valence-electron chi connectivity index (χ4n) is 10.5. The highest BCUT2D eigenvalue weighted by Gasteiger charge is 2.56. The number of carbonyl (C=O) groups is 4. The number of aromatic amines is 1. The fraction of sp³-hybridized carbons (Fsp3) is 0.776. The van der Waals surface area contributed by atoms with Crippen molar-refractivity contribution in [2.24, 2.45) is 29.6 Å². The molecule has 0 spiro atoms. The highest BCUT2D eigenvalue weighted by atomic mass is 16.7. The molecule has 15 nitrogen and oxygen atoms in total. The Labute approximate surface area is 380 Å². The lowest BCUT2D eigenvalue weighted by Gasteiger charge is -2.47. The number of rotatable bonds is 11. The van der Waals surface area contributed by atoms with E-state index in [0.717, 1.165) is 37.1 Å². The number of aryl methyl sites for hydroxylation is 1. The zero-order valence-electron chi connectivity index (χ0n) is 39.8. The van der Waals surface area contributed by atoms with E-state index in [0.29, 0.717) is 50.7 Å². The van der Waals surface area contributed by atoms with Crippen molar-refractivity contribution < 1.29 is 57.8 Å². The van der Waals surface area contributed by atoms with Crippen LogP contribution in [0, 0.1) is 29.6 Å². The Morgan fingerprint density at radius 2 is 1.69 bits per heavy atom. The van der Waals surface area contributed by atoms with E-state index < -0.39 is 77.8 Å². The van der Waals surface area contributed by atoms with Crippen LogP contribution in [0.4, 0.5) is 0 Å². The highest BCUT2D eigenvalue weighted by Crippen LogP contribution is 2.39. The molecule has 4 aliphatic rings. The molecule has 3 fully saturated rings. The summed E-state index contributed by atoms with van der Waals surface area (Å²) >= 11 is 0. The predicted molar refractivity (Wildman–Crippen MR) is 239 cm³/mol. The normalized spacial score (nSPS) is 37.0. The lowest BCUT2D eigenvalue weighted by atomic mass is 9.81. The van der Waals surface area contributed by atoms with Crippen LogP contribution in [0.3, 0.4) is 0 Å². The Balaban J connectivity index is 1.44. The van der Waals surface area contributed by atoms with Crippen molar-refractivity contribution in [1.82, 2.24) is 14.9 Å². The average Bonchev–Trinajstić information content (AvgIpc) is 3.81. The van der Waals surface area contributed by atoms with Crippen molar-refractivity contribution in [3.63, 3.8) is 0 Å². The van der Waals surface area contributed by atoms with Gasteiger partial charge in [-0.15, -0.1) is 0 Å². The number of carbonyl (C=O) groups excluding carboxylic acids is 4. The molecule has 2 bridgehead atoms. The Morgan fingerprint density at radius 3 is 2.36 bits per heavy atom. The van der Waals surface area contributed by atoms with E-state index in [4.69, 9.17) is 28.4 Å². The van der Waals surface area contributed by atoms with E-state index in [1.807, 2.05) is 33.0 Å². The molecule has 3 N–H and O–H groups in total.